The zero-order valence-corrected chi connectivity index (χ0v) is 10.0. The lowest BCUT2D eigenvalue weighted by molar-refractivity contribution is 0.0699. The molecule has 1 heterocycles. The van der Waals surface area contributed by atoms with Crippen molar-refractivity contribution >= 4 is 17.3 Å². The maximum absolute atomic E-state index is 11.0. The topological polar surface area (TPSA) is 59.4 Å². The van der Waals surface area contributed by atoms with Crippen LogP contribution in [0, 0.1) is 6.92 Å². The van der Waals surface area contributed by atoms with Crippen molar-refractivity contribution in [3.63, 3.8) is 0 Å². The summed E-state index contributed by atoms with van der Waals surface area (Å²) in [6, 6.07) is 9.25. The van der Waals surface area contributed by atoms with Crippen molar-refractivity contribution in [2.45, 2.75) is 13.5 Å². The molecule has 0 atom stereocenters. The van der Waals surface area contributed by atoms with Crippen LogP contribution < -0.4 is 4.74 Å². The van der Waals surface area contributed by atoms with E-state index < -0.39 is 5.97 Å². The predicted molar refractivity (Wildman–Crippen MR) is 64.6 cm³/mol. The van der Waals surface area contributed by atoms with Gasteiger partial charge in [-0.05, 0) is 19.1 Å². The number of benzene rings is 1. The minimum atomic E-state index is -0.956. The Bertz CT molecular complexity index is 522. The highest BCUT2D eigenvalue weighted by Crippen LogP contribution is 2.20. The number of carboxylic acid groups (broad SMARTS) is 1. The zero-order valence-electron chi connectivity index (χ0n) is 9.21. The second-order valence-corrected chi connectivity index (χ2v) is 4.62. The molecule has 0 aliphatic heterocycles. The monoisotopic (exact) mass is 249 g/mol. The number of carboxylic acids is 1. The van der Waals surface area contributed by atoms with Crippen molar-refractivity contribution in [3.05, 3.63) is 45.9 Å². The molecule has 4 nitrogen and oxygen atoms in total. The molecule has 1 aromatic carbocycles. The average Bonchev–Trinajstić information content (AvgIpc) is 2.69. The smallest absolute Gasteiger partial charge is 0.347 e. The van der Waals surface area contributed by atoms with Crippen LogP contribution in [0.5, 0.6) is 5.75 Å². The number of aryl methyl sites for hydroxylation is 1. The molecule has 0 saturated heterocycles. The molecule has 1 N–H and O–H groups in total. The van der Waals surface area contributed by atoms with Crippen LogP contribution in [-0.4, -0.2) is 16.1 Å². The summed E-state index contributed by atoms with van der Waals surface area (Å²) in [7, 11) is 0. The van der Waals surface area contributed by atoms with Gasteiger partial charge in [0.05, 0.1) is 5.01 Å². The van der Waals surface area contributed by atoms with Gasteiger partial charge in [0, 0.05) is 0 Å². The first-order chi connectivity index (χ1) is 8.16. The average molecular weight is 249 g/mol. The van der Waals surface area contributed by atoms with Gasteiger partial charge < -0.3 is 9.84 Å². The number of hydrogen-bond donors (Lipinski definition) is 1. The van der Waals surface area contributed by atoms with E-state index in [1.807, 2.05) is 30.3 Å². The number of thiazole rings is 1. The molecule has 0 aliphatic carbocycles. The summed E-state index contributed by atoms with van der Waals surface area (Å²) >= 11 is 1.17. The first-order valence-electron chi connectivity index (χ1n) is 5.04. The SMILES string of the molecule is Cc1nc(COc2ccccc2)c(C(=O)O)s1. The summed E-state index contributed by atoms with van der Waals surface area (Å²) in [5.74, 6) is -0.253. The minimum absolute atomic E-state index is 0.177. The summed E-state index contributed by atoms with van der Waals surface area (Å²) in [6.07, 6.45) is 0. The molecule has 0 amide bonds. The molecule has 0 spiro atoms. The van der Waals surface area contributed by atoms with E-state index in [0.717, 1.165) is 5.01 Å². The van der Waals surface area contributed by atoms with E-state index in [1.165, 1.54) is 11.3 Å². The van der Waals surface area contributed by atoms with Crippen molar-refractivity contribution in [1.29, 1.82) is 0 Å². The molecule has 2 rings (SSSR count). The van der Waals surface area contributed by atoms with Gasteiger partial charge in [0.25, 0.3) is 0 Å². The summed E-state index contributed by atoms with van der Waals surface area (Å²) in [4.78, 5) is 15.4. The molecule has 0 fully saturated rings. The highest BCUT2D eigenvalue weighted by Gasteiger charge is 2.15. The van der Waals surface area contributed by atoms with Crippen LogP contribution in [-0.2, 0) is 6.61 Å². The zero-order chi connectivity index (χ0) is 12.3. The number of hydrogen-bond acceptors (Lipinski definition) is 4. The molecule has 0 aliphatic rings. The van der Waals surface area contributed by atoms with Crippen LogP contribution in [0.2, 0.25) is 0 Å². The van der Waals surface area contributed by atoms with Crippen molar-refractivity contribution in [2.24, 2.45) is 0 Å². The molecule has 0 saturated carbocycles. The van der Waals surface area contributed by atoms with Crippen LogP contribution in [0.3, 0.4) is 0 Å². The van der Waals surface area contributed by atoms with Gasteiger partial charge in [-0.1, -0.05) is 18.2 Å². The Labute approximate surface area is 103 Å². The second kappa shape index (κ2) is 4.97. The summed E-state index contributed by atoms with van der Waals surface area (Å²) < 4.78 is 5.48. The summed E-state index contributed by atoms with van der Waals surface area (Å²) in [6.45, 7) is 1.96. The van der Waals surface area contributed by atoms with E-state index in [2.05, 4.69) is 4.98 Å². The normalized spacial score (nSPS) is 10.2. The third-order valence-electron chi connectivity index (χ3n) is 2.12. The lowest BCUT2D eigenvalue weighted by atomic mass is 10.3. The fourth-order valence-corrected chi connectivity index (χ4v) is 2.16. The first kappa shape index (κ1) is 11.6. The lowest BCUT2D eigenvalue weighted by Crippen LogP contribution is -2.03. The van der Waals surface area contributed by atoms with E-state index in [4.69, 9.17) is 9.84 Å². The quantitative estimate of drug-likeness (QED) is 0.905. The maximum Gasteiger partial charge on any atom is 0.347 e. The van der Waals surface area contributed by atoms with Gasteiger partial charge >= 0.3 is 5.97 Å². The van der Waals surface area contributed by atoms with Crippen molar-refractivity contribution in [2.75, 3.05) is 0 Å². The van der Waals surface area contributed by atoms with Crippen LogP contribution in [0.1, 0.15) is 20.4 Å². The van der Waals surface area contributed by atoms with E-state index in [-0.39, 0.29) is 11.5 Å². The van der Waals surface area contributed by atoms with Crippen molar-refractivity contribution in [1.82, 2.24) is 4.98 Å². The fraction of sp³-hybridized carbons (Fsp3) is 0.167. The third-order valence-corrected chi connectivity index (χ3v) is 3.12. The molecule has 17 heavy (non-hydrogen) atoms. The molecule has 0 radical (unpaired) electrons. The fourth-order valence-electron chi connectivity index (χ4n) is 1.40. The summed E-state index contributed by atoms with van der Waals surface area (Å²) in [5, 5.41) is 9.72. The third kappa shape index (κ3) is 2.82. The second-order valence-electron chi connectivity index (χ2n) is 3.42. The molecular weight excluding hydrogens is 238 g/mol. The Morgan fingerprint density at radius 1 is 1.41 bits per heavy atom. The molecule has 5 heteroatoms. The highest BCUT2D eigenvalue weighted by molar-refractivity contribution is 7.13. The lowest BCUT2D eigenvalue weighted by Gasteiger charge is -2.04. The van der Waals surface area contributed by atoms with Crippen LogP contribution in [0.4, 0.5) is 0 Å². The van der Waals surface area contributed by atoms with E-state index >= 15 is 0 Å². The van der Waals surface area contributed by atoms with Gasteiger partial charge in [-0.3, -0.25) is 0 Å². The molecule has 1 aromatic heterocycles. The largest absolute Gasteiger partial charge is 0.487 e. The highest BCUT2D eigenvalue weighted by atomic mass is 32.1. The number of rotatable bonds is 4. The molecule has 0 unspecified atom stereocenters. The standard InChI is InChI=1S/C12H11NO3S/c1-8-13-10(11(17-8)12(14)15)7-16-9-5-3-2-4-6-9/h2-6H,7H2,1H3,(H,14,15). The predicted octanol–water partition coefficient (Wildman–Crippen LogP) is 2.73. The Morgan fingerprint density at radius 3 is 2.76 bits per heavy atom. The Hall–Kier alpha value is -1.88. The number of nitrogens with zero attached hydrogens (tertiary/aromatic N) is 1. The van der Waals surface area contributed by atoms with Crippen molar-refractivity contribution < 1.29 is 14.6 Å². The van der Waals surface area contributed by atoms with E-state index in [0.29, 0.717) is 11.4 Å². The van der Waals surface area contributed by atoms with Crippen molar-refractivity contribution in [3.8, 4) is 5.75 Å². The minimum Gasteiger partial charge on any atom is -0.487 e. The van der Waals surface area contributed by atoms with E-state index in [9.17, 15) is 4.79 Å². The van der Waals surface area contributed by atoms with Gasteiger partial charge in [0.2, 0.25) is 0 Å². The maximum atomic E-state index is 11.0. The Morgan fingerprint density at radius 2 is 2.12 bits per heavy atom. The molecule has 88 valence electrons. The van der Waals surface area contributed by atoms with Gasteiger partial charge in [-0.15, -0.1) is 11.3 Å². The first-order valence-corrected chi connectivity index (χ1v) is 5.86. The molecule has 2 aromatic rings. The number of carbonyl (C=O) groups is 1. The summed E-state index contributed by atoms with van der Waals surface area (Å²) in [5.41, 5.74) is 0.476. The number of aromatic carboxylic acids is 1. The van der Waals surface area contributed by atoms with Gasteiger partial charge in [-0.2, -0.15) is 0 Å². The molecular formula is C12H11NO3S. The van der Waals surface area contributed by atoms with Gasteiger partial charge in [0.1, 0.15) is 22.9 Å². The molecule has 0 bridgehead atoms. The van der Waals surface area contributed by atoms with Gasteiger partial charge in [0.15, 0.2) is 0 Å². The van der Waals surface area contributed by atoms with Gasteiger partial charge in [-0.25, -0.2) is 9.78 Å². The van der Waals surface area contributed by atoms with E-state index in [1.54, 1.807) is 6.92 Å². The Kier molecular flexibility index (Phi) is 3.39. The van der Waals surface area contributed by atoms with Crippen LogP contribution in [0.25, 0.3) is 0 Å². The number of aromatic nitrogens is 1. The van der Waals surface area contributed by atoms with Crippen LogP contribution in [0.15, 0.2) is 30.3 Å². The number of para-hydroxylation sites is 1. The number of ether oxygens (including phenoxy) is 1. The Balaban J connectivity index is 2.11. The van der Waals surface area contributed by atoms with Crippen LogP contribution >= 0.6 is 11.3 Å².